The number of benzene rings is 2. The van der Waals surface area contributed by atoms with E-state index in [1.807, 2.05) is 0 Å². The van der Waals surface area contributed by atoms with Crippen LogP contribution in [-0.2, 0) is 11.4 Å². The molecule has 0 aliphatic rings. The lowest BCUT2D eigenvalue weighted by atomic mass is 10.2. The van der Waals surface area contributed by atoms with Crippen LogP contribution in [0.4, 0.5) is 4.39 Å². The van der Waals surface area contributed by atoms with Crippen molar-refractivity contribution >= 4 is 5.91 Å². The molecule has 0 heterocycles. The highest BCUT2D eigenvalue weighted by atomic mass is 19.1. The van der Waals surface area contributed by atoms with Crippen LogP contribution in [0.1, 0.15) is 12.5 Å². The van der Waals surface area contributed by atoms with Crippen molar-refractivity contribution in [1.29, 1.82) is 0 Å². The van der Waals surface area contributed by atoms with Gasteiger partial charge in [0.15, 0.2) is 6.10 Å². The predicted octanol–water partition coefficient (Wildman–Crippen LogP) is 2.66. The molecule has 2 rings (SSSR count). The lowest BCUT2D eigenvalue weighted by Crippen LogP contribution is -2.30. The molecule has 110 valence electrons. The topological polar surface area (TPSA) is 61.6 Å². The largest absolute Gasteiger partial charge is 0.489 e. The van der Waals surface area contributed by atoms with Crippen molar-refractivity contribution < 1.29 is 18.7 Å². The van der Waals surface area contributed by atoms with Crippen molar-refractivity contribution in [2.45, 2.75) is 19.6 Å². The fourth-order valence-corrected chi connectivity index (χ4v) is 1.67. The van der Waals surface area contributed by atoms with Crippen LogP contribution in [0.2, 0.25) is 0 Å². The van der Waals surface area contributed by atoms with Crippen LogP contribution >= 0.6 is 0 Å². The molecule has 0 spiro atoms. The number of primary amides is 1. The van der Waals surface area contributed by atoms with Crippen LogP contribution in [0.3, 0.4) is 0 Å². The number of carbonyl (C=O) groups is 1. The molecule has 1 atom stereocenters. The minimum absolute atomic E-state index is 0.273. The van der Waals surface area contributed by atoms with Gasteiger partial charge in [0.1, 0.15) is 23.9 Å². The molecule has 2 N–H and O–H groups in total. The number of hydrogen-bond acceptors (Lipinski definition) is 3. The molecule has 1 amide bonds. The van der Waals surface area contributed by atoms with Gasteiger partial charge < -0.3 is 15.2 Å². The molecule has 5 heteroatoms. The minimum atomic E-state index is -0.691. The smallest absolute Gasteiger partial charge is 0.258 e. The molecule has 21 heavy (non-hydrogen) atoms. The van der Waals surface area contributed by atoms with Crippen LogP contribution in [-0.4, -0.2) is 12.0 Å². The Morgan fingerprint density at radius 3 is 2.48 bits per heavy atom. The van der Waals surface area contributed by atoms with E-state index >= 15 is 0 Å². The highest BCUT2D eigenvalue weighted by Gasteiger charge is 2.09. The quantitative estimate of drug-likeness (QED) is 0.889. The highest BCUT2D eigenvalue weighted by molar-refractivity contribution is 5.78. The molecule has 0 bridgehead atoms. The lowest BCUT2D eigenvalue weighted by molar-refractivity contribution is -0.123. The SMILES string of the molecule is C[C@@H](Oc1ccc(OCc2cccc(F)c2)cc1)C(N)=O. The molecular weight excluding hydrogens is 273 g/mol. The lowest BCUT2D eigenvalue weighted by Gasteiger charge is -2.12. The van der Waals surface area contributed by atoms with Crippen LogP contribution in [0.15, 0.2) is 48.5 Å². The highest BCUT2D eigenvalue weighted by Crippen LogP contribution is 2.19. The average molecular weight is 289 g/mol. The van der Waals surface area contributed by atoms with E-state index in [1.165, 1.54) is 12.1 Å². The molecule has 0 aliphatic carbocycles. The van der Waals surface area contributed by atoms with Gasteiger partial charge in [-0.15, -0.1) is 0 Å². The average Bonchev–Trinajstić information content (AvgIpc) is 2.46. The molecule has 0 saturated carbocycles. The maximum atomic E-state index is 13.0. The molecule has 0 saturated heterocycles. The fraction of sp³-hybridized carbons (Fsp3) is 0.188. The van der Waals surface area contributed by atoms with E-state index in [1.54, 1.807) is 43.3 Å². The number of hydrogen-bond donors (Lipinski definition) is 1. The maximum Gasteiger partial charge on any atom is 0.258 e. The van der Waals surface area contributed by atoms with Gasteiger partial charge in [-0.3, -0.25) is 4.79 Å². The van der Waals surface area contributed by atoms with E-state index in [-0.39, 0.29) is 12.4 Å². The Balaban J connectivity index is 1.92. The molecule has 0 aliphatic heterocycles. The normalized spacial score (nSPS) is 11.7. The Kier molecular flexibility index (Phi) is 4.77. The Morgan fingerprint density at radius 2 is 1.86 bits per heavy atom. The first kappa shape index (κ1) is 14.8. The monoisotopic (exact) mass is 289 g/mol. The van der Waals surface area contributed by atoms with Gasteiger partial charge in [0.25, 0.3) is 5.91 Å². The maximum absolute atomic E-state index is 13.0. The number of halogens is 1. The number of ether oxygens (including phenoxy) is 2. The van der Waals surface area contributed by atoms with Crippen molar-refractivity contribution in [1.82, 2.24) is 0 Å². The van der Waals surface area contributed by atoms with Crippen LogP contribution in [0.5, 0.6) is 11.5 Å². The molecule has 0 unspecified atom stereocenters. The van der Waals surface area contributed by atoms with Crippen LogP contribution in [0.25, 0.3) is 0 Å². The summed E-state index contributed by atoms with van der Waals surface area (Å²) in [6, 6.07) is 13.0. The summed E-state index contributed by atoms with van der Waals surface area (Å²) >= 11 is 0. The summed E-state index contributed by atoms with van der Waals surface area (Å²) in [6.07, 6.45) is -0.691. The van der Waals surface area contributed by atoms with Gasteiger partial charge in [0.05, 0.1) is 0 Å². The van der Waals surface area contributed by atoms with E-state index in [9.17, 15) is 9.18 Å². The predicted molar refractivity (Wildman–Crippen MR) is 76.5 cm³/mol. The second-order valence-electron chi connectivity index (χ2n) is 4.55. The second kappa shape index (κ2) is 6.74. The van der Waals surface area contributed by atoms with Gasteiger partial charge in [0, 0.05) is 0 Å². The van der Waals surface area contributed by atoms with Crippen molar-refractivity contribution in [3.05, 3.63) is 59.9 Å². The second-order valence-corrected chi connectivity index (χ2v) is 4.55. The first-order valence-electron chi connectivity index (χ1n) is 6.48. The van der Waals surface area contributed by atoms with E-state index in [2.05, 4.69) is 0 Å². The molecule has 4 nitrogen and oxygen atoms in total. The number of amides is 1. The van der Waals surface area contributed by atoms with Crippen molar-refractivity contribution in [3.8, 4) is 11.5 Å². The van der Waals surface area contributed by atoms with Crippen LogP contribution in [0, 0.1) is 5.82 Å². The summed E-state index contributed by atoms with van der Waals surface area (Å²) in [5, 5.41) is 0. The zero-order valence-electron chi connectivity index (χ0n) is 11.6. The van der Waals surface area contributed by atoms with Gasteiger partial charge in [0.2, 0.25) is 0 Å². The first-order valence-corrected chi connectivity index (χ1v) is 6.48. The Morgan fingerprint density at radius 1 is 1.19 bits per heavy atom. The Hall–Kier alpha value is -2.56. The van der Waals surface area contributed by atoms with Gasteiger partial charge >= 0.3 is 0 Å². The fourth-order valence-electron chi connectivity index (χ4n) is 1.67. The summed E-state index contributed by atoms with van der Waals surface area (Å²) in [5.41, 5.74) is 5.87. The number of rotatable bonds is 6. The Bertz CT molecular complexity index is 613. The van der Waals surface area contributed by atoms with E-state index in [0.29, 0.717) is 11.5 Å². The summed E-state index contributed by atoms with van der Waals surface area (Å²) < 4.78 is 23.9. The zero-order valence-corrected chi connectivity index (χ0v) is 11.6. The summed E-state index contributed by atoms with van der Waals surface area (Å²) in [7, 11) is 0. The van der Waals surface area contributed by atoms with E-state index in [4.69, 9.17) is 15.2 Å². The molecular formula is C16H16FNO3. The van der Waals surface area contributed by atoms with Crippen LogP contribution < -0.4 is 15.2 Å². The number of carbonyl (C=O) groups excluding carboxylic acids is 1. The summed E-state index contributed by atoms with van der Waals surface area (Å²) in [4.78, 5) is 10.9. The molecule has 0 fully saturated rings. The van der Waals surface area contributed by atoms with Gasteiger partial charge in [-0.2, -0.15) is 0 Å². The summed E-state index contributed by atoms with van der Waals surface area (Å²) in [5.74, 6) is 0.333. The van der Waals surface area contributed by atoms with Crippen molar-refractivity contribution in [2.24, 2.45) is 5.73 Å². The van der Waals surface area contributed by atoms with E-state index < -0.39 is 12.0 Å². The van der Waals surface area contributed by atoms with Crippen molar-refractivity contribution in [2.75, 3.05) is 0 Å². The van der Waals surface area contributed by atoms with Gasteiger partial charge in [-0.25, -0.2) is 4.39 Å². The van der Waals surface area contributed by atoms with Gasteiger partial charge in [-0.1, -0.05) is 12.1 Å². The third-order valence-corrected chi connectivity index (χ3v) is 2.83. The molecule has 2 aromatic carbocycles. The third-order valence-electron chi connectivity index (χ3n) is 2.83. The van der Waals surface area contributed by atoms with Gasteiger partial charge in [-0.05, 0) is 48.9 Å². The summed E-state index contributed by atoms with van der Waals surface area (Å²) in [6.45, 7) is 1.85. The van der Waals surface area contributed by atoms with E-state index in [0.717, 1.165) is 5.56 Å². The third kappa shape index (κ3) is 4.49. The minimum Gasteiger partial charge on any atom is -0.489 e. The molecule has 0 aromatic heterocycles. The zero-order chi connectivity index (χ0) is 15.2. The molecule has 2 aromatic rings. The first-order chi connectivity index (χ1) is 10.0. The Labute approximate surface area is 122 Å². The molecule has 0 radical (unpaired) electrons. The van der Waals surface area contributed by atoms with Crippen molar-refractivity contribution in [3.63, 3.8) is 0 Å². The number of nitrogens with two attached hydrogens (primary N) is 1. The standard InChI is InChI=1S/C16H16FNO3/c1-11(16(18)19)21-15-7-5-14(6-8-15)20-10-12-3-2-4-13(17)9-12/h2-9,11H,10H2,1H3,(H2,18,19)/t11-/m1/s1.